The normalized spacial score (nSPS) is 14.3. The molecule has 0 spiro atoms. The van der Waals surface area contributed by atoms with Crippen molar-refractivity contribution in [1.29, 1.82) is 0 Å². The average Bonchev–Trinajstić information content (AvgIpc) is 3.30. The summed E-state index contributed by atoms with van der Waals surface area (Å²) in [6, 6.07) is 5.41. The molecule has 13 heteroatoms. The van der Waals surface area contributed by atoms with E-state index in [0.717, 1.165) is 11.1 Å². The molecule has 2 amide bonds. The van der Waals surface area contributed by atoms with E-state index >= 15 is 0 Å². The number of nitrogens with zero attached hydrogens (tertiary/aromatic N) is 1. The molecule has 0 bridgehead atoms. The summed E-state index contributed by atoms with van der Waals surface area (Å²) in [5.41, 5.74) is 2.84. The molecule has 0 saturated carbocycles. The minimum absolute atomic E-state index is 0.00787. The molecule has 45 heavy (non-hydrogen) atoms. The van der Waals surface area contributed by atoms with Gasteiger partial charge in [0, 0.05) is 17.4 Å². The smallest absolute Gasteiger partial charge is 0.357 e. The summed E-state index contributed by atoms with van der Waals surface area (Å²) in [5, 5.41) is 8.97. The van der Waals surface area contributed by atoms with Crippen LogP contribution in [0, 0.1) is 0 Å². The minimum atomic E-state index is -0.856. The summed E-state index contributed by atoms with van der Waals surface area (Å²) in [7, 11) is 5.87. The van der Waals surface area contributed by atoms with Crippen molar-refractivity contribution in [1.82, 2.24) is 10.3 Å². The van der Waals surface area contributed by atoms with Gasteiger partial charge in [-0.1, -0.05) is 19.9 Å². The molecule has 1 heterocycles. The molecule has 240 valence electrons. The number of carbonyl (C=O) groups excluding carboxylic acids is 3. The largest absolute Gasteiger partial charge is 0.493 e. The van der Waals surface area contributed by atoms with E-state index in [4.69, 9.17) is 18.9 Å². The van der Waals surface area contributed by atoms with Gasteiger partial charge in [-0.25, -0.2) is 9.78 Å². The molecule has 3 N–H and O–H groups in total. The third-order valence-electron chi connectivity index (χ3n) is 7.47. The number of thiazole rings is 1. The summed E-state index contributed by atoms with van der Waals surface area (Å²) in [4.78, 5) is 56.2. The quantitative estimate of drug-likeness (QED) is 0.267. The molecule has 0 aliphatic heterocycles. The number of ether oxygens (including phenoxy) is 4. The number of anilines is 2. The fourth-order valence-corrected chi connectivity index (χ4v) is 6.32. The fourth-order valence-electron chi connectivity index (χ4n) is 5.36. The summed E-state index contributed by atoms with van der Waals surface area (Å²) < 4.78 is 21.9. The van der Waals surface area contributed by atoms with Crippen molar-refractivity contribution in [3.8, 4) is 28.4 Å². The second-order valence-electron chi connectivity index (χ2n) is 10.8. The molecule has 0 saturated heterocycles. The van der Waals surface area contributed by atoms with Gasteiger partial charge in [-0.15, -0.1) is 11.3 Å². The van der Waals surface area contributed by atoms with Crippen molar-refractivity contribution in [2.45, 2.75) is 58.5 Å². The van der Waals surface area contributed by atoms with Crippen LogP contribution in [0.5, 0.6) is 17.2 Å². The van der Waals surface area contributed by atoms with E-state index in [0.29, 0.717) is 46.1 Å². The van der Waals surface area contributed by atoms with Crippen LogP contribution in [0.1, 0.15) is 72.6 Å². The lowest BCUT2D eigenvalue weighted by atomic mass is 9.95. The lowest BCUT2D eigenvalue weighted by Crippen LogP contribution is -2.33. The van der Waals surface area contributed by atoms with Gasteiger partial charge in [-0.2, -0.15) is 0 Å². The summed E-state index contributed by atoms with van der Waals surface area (Å²) in [5.74, 6) is 0.0562. The van der Waals surface area contributed by atoms with Crippen molar-refractivity contribution < 1.29 is 33.3 Å². The number of benzene rings is 1. The number of esters is 1. The standard InChI is InChI=1S/C32H38N4O8S/c1-15(2)29-26(31(40)44-8)35-32(45-29)36-30(39)16(3)33-22-12-10-19-20(14-23(22)38)21(34-17(4)37)11-9-18-13-24(41-5)27(42-6)28(43-7)25(18)19/h10,12-16,21H,9,11H2,1-8H3,(H,33,38)(H,34,37)(H,35,36,39)/t16-,21+/m0/s1. The molecular formula is C32H38N4O8S. The highest BCUT2D eigenvalue weighted by Crippen LogP contribution is 2.50. The van der Waals surface area contributed by atoms with Gasteiger partial charge < -0.3 is 34.9 Å². The van der Waals surface area contributed by atoms with Crippen molar-refractivity contribution in [3.63, 3.8) is 0 Å². The number of hydrogen-bond donors (Lipinski definition) is 3. The number of carbonyl (C=O) groups is 3. The van der Waals surface area contributed by atoms with Crippen molar-refractivity contribution in [3.05, 3.63) is 56.2 Å². The predicted octanol–water partition coefficient (Wildman–Crippen LogP) is 4.67. The summed E-state index contributed by atoms with van der Waals surface area (Å²) in [6.07, 6.45) is 1.09. The first-order valence-electron chi connectivity index (χ1n) is 14.4. The first-order valence-corrected chi connectivity index (χ1v) is 15.2. The fraction of sp³-hybridized carbons (Fsp3) is 0.406. The number of fused-ring (bicyclic) bond motifs is 3. The van der Waals surface area contributed by atoms with E-state index in [1.165, 1.54) is 45.7 Å². The van der Waals surface area contributed by atoms with E-state index < -0.39 is 24.0 Å². The van der Waals surface area contributed by atoms with E-state index in [-0.39, 0.29) is 33.8 Å². The molecule has 1 aliphatic rings. The molecule has 1 aliphatic carbocycles. The molecule has 1 aromatic heterocycles. The van der Waals surface area contributed by atoms with Crippen LogP contribution in [0.4, 0.5) is 10.8 Å². The van der Waals surface area contributed by atoms with Crippen LogP contribution in [0.3, 0.4) is 0 Å². The molecule has 0 unspecified atom stereocenters. The Balaban J connectivity index is 1.75. The maximum atomic E-state index is 13.6. The number of aromatic nitrogens is 1. The maximum Gasteiger partial charge on any atom is 0.357 e. The lowest BCUT2D eigenvalue weighted by molar-refractivity contribution is -0.119. The van der Waals surface area contributed by atoms with Crippen LogP contribution in [0.2, 0.25) is 0 Å². The predicted molar refractivity (Wildman–Crippen MR) is 172 cm³/mol. The van der Waals surface area contributed by atoms with E-state index in [1.807, 2.05) is 19.9 Å². The average molecular weight is 639 g/mol. The Bertz CT molecular complexity index is 1690. The van der Waals surface area contributed by atoms with Gasteiger partial charge in [0.2, 0.25) is 23.0 Å². The van der Waals surface area contributed by atoms with Crippen LogP contribution in [-0.4, -0.2) is 57.2 Å². The second-order valence-corrected chi connectivity index (χ2v) is 11.9. The minimum Gasteiger partial charge on any atom is -0.493 e. The zero-order valence-electron chi connectivity index (χ0n) is 26.6. The second kappa shape index (κ2) is 14.0. The Morgan fingerprint density at radius 3 is 2.31 bits per heavy atom. The zero-order valence-corrected chi connectivity index (χ0v) is 27.4. The Kier molecular flexibility index (Phi) is 10.3. The van der Waals surface area contributed by atoms with Gasteiger partial charge in [0.1, 0.15) is 6.04 Å². The highest BCUT2D eigenvalue weighted by molar-refractivity contribution is 7.16. The van der Waals surface area contributed by atoms with Gasteiger partial charge in [0.15, 0.2) is 22.3 Å². The SMILES string of the molecule is COC(=O)c1nc(NC(=O)[C@H](C)Nc2ccc3c(cc2=O)[C@H](NC(C)=O)CCc2cc(OC)c(OC)c(OC)c2-3)sc1C(C)C. The Morgan fingerprint density at radius 2 is 1.71 bits per heavy atom. The number of hydrogen-bond acceptors (Lipinski definition) is 11. The number of aryl methyl sites for hydroxylation is 1. The van der Waals surface area contributed by atoms with Gasteiger partial charge in [0.25, 0.3) is 0 Å². The maximum absolute atomic E-state index is 13.6. The highest BCUT2D eigenvalue weighted by Gasteiger charge is 2.30. The molecule has 0 fully saturated rings. The van der Waals surface area contributed by atoms with E-state index in [1.54, 1.807) is 26.2 Å². The van der Waals surface area contributed by atoms with Crippen LogP contribution >= 0.6 is 11.3 Å². The van der Waals surface area contributed by atoms with Crippen LogP contribution < -0.4 is 35.6 Å². The van der Waals surface area contributed by atoms with Crippen LogP contribution in [-0.2, 0) is 20.7 Å². The number of amides is 2. The molecular weight excluding hydrogens is 600 g/mol. The Labute approximate surface area is 265 Å². The van der Waals surface area contributed by atoms with E-state index in [2.05, 4.69) is 20.9 Å². The molecule has 3 aromatic rings. The number of methoxy groups -OCH3 is 4. The Hall–Kier alpha value is -4.65. The first kappa shape index (κ1) is 33.2. The first-order chi connectivity index (χ1) is 21.4. The van der Waals surface area contributed by atoms with Gasteiger partial charge in [-0.05, 0) is 60.6 Å². The summed E-state index contributed by atoms with van der Waals surface area (Å²) >= 11 is 1.19. The van der Waals surface area contributed by atoms with Gasteiger partial charge >= 0.3 is 5.97 Å². The lowest BCUT2D eigenvalue weighted by Gasteiger charge is -2.19. The van der Waals surface area contributed by atoms with Crippen molar-refractivity contribution in [2.75, 3.05) is 39.1 Å². The van der Waals surface area contributed by atoms with Gasteiger partial charge in [-0.3, -0.25) is 14.4 Å². The molecule has 12 nitrogen and oxygen atoms in total. The van der Waals surface area contributed by atoms with Crippen molar-refractivity contribution in [2.24, 2.45) is 0 Å². The van der Waals surface area contributed by atoms with Gasteiger partial charge in [0.05, 0.1) is 40.2 Å². The number of rotatable bonds is 10. The molecule has 4 rings (SSSR count). The molecule has 2 aromatic carbocycles. The van der Waals surface area contributed by atoms with E-state index in [9.17, 15) is 19.2 Å². The summed E-state index contributed by atoms with van der Waals surface area (Å²) in [6.45, 7) is 6.87. The molecule has 0 radical (unpaired) electrons. The van der Waals surface area contributed by atoms with Crippen LogP contribution in [0.15, 0.2) is 29.1 Å². The third-order valence-corrected chi connectivity index (χ3v) is 8.74. The third kappa shape index (κ3) is 6.88. The topological polar surface area (TPSA) is 154 Å². The monoisotopic (exact) mass is 638 g/mol. The molecule has 2 atom stereocenters. The Morgan fingerprint density at radius 1 is 1.00 bits per heavy atom. The highest BCUT2D eigenvalue weighted by atomic mass is 32.1. The van der Waals surface area contributed by atoms with Crippen molar-refractivity contribution >= 4 is 39.9 Å². The zero-order chi connectivity index (χ0) is 33.0. The van der Waals surface area contributed by atoms with Crippen LogP contribution in [0.25, 0.3) is 11.1 Å². The number of nitrogens with one attached hydrogen (secondary N) is 3.